The summed E-state index contributed by atoms with van der Waals surface area (Å²) < 4.78 is 0. The molecule has 5 nitrogen and oxygen atoms in total. The Labute approximate surface area is 228 Å². The molecule has 3 aromatic carbocycles. The monoisotopic (exact) mass is 520 g/mol. The maximum atomic E-state index is 13.7. The van der Waals surface area contributed by atoms with Crippen LogP contribution in [-0.4, -0.2) is 23.3 Å². The smallest absolute Gasteiger partial charge is 0.251 e. The van der Waals surface area contributed by atoms with Gasteiger partial charge in [0.25, 0.3) is 5.91 Å². The van der Waals surface area contributed by atoms with Crippen LogP contribution in [-0.2, 0) is 4.79 Å². The van der Waals surface area contributed by atoms with Crippen LogP contribution < -0.4 is 10.6 Å². The van der Waals surface area contributed by atoms with E-state index in [2.05, 4.69) is 64.1 Å². The first kappa shape index (κ1) is 25.4. The van der Waals surface area contributed by atoms with E-state index < -0.39 is 6.04 Å². The molecule has 0 saturated heterocycles. The van der Waals surface area contributed by atoms with Gasteiger partial charge in [0.05, 0.1) is 5.57 Å². The van der Waals surface area contributed by atoms with Crippen LogP contribution in [0.5, 0.6) is 0 Å². The van der Waals surface area contributed by atoms with Gasteiger partial charge in [-0.25, -0.2) is 0 Å². The third kappa shape index (κ3) is 5.84. The summed E-state index contributed by atoms with van der Waals surface area (Å²) in [5.74, 6) is 0.704. The van der Waals surface area contributed by atoms with Crippen molar-refractivity contribution in [2.75, 3.05) is 6.54 Å². The highest BCUT2D eigenvalue weighted by molar-refractivity contribution is 6.30. The lowest BCUT2D eigenvalue weighted by molar-refractivity contribution is -0.117. The van der Waals surface area contributed by atoms with Gasteiger partial charge in [-0.05, 0) is 54.3 Å². The van der Waals surface area contributed by atoms with Crippen LogP contribution in [0.3, 0.4) is 0 Å². The predicted molar refractivity (Wildman–Crippen MR) is 153 cm³/mol. The number of hydrogen-bond acceptors (Lipinski definition) is 4. The zero-order chi connectivity index (χ0) is 26.3. The number of benzene rings is 3. The molecule has 38 heavy (non-hydrogen) atoms. The van der Waals surface area contributed by atoms with Crippen molar-refractivity contribution >= 4 is 23.3 Å². The quantitative estimate of drug-likeness (QED) is 0.281. The third-order valence-corrected chi connectivity index (χ3v) is 6.94. The minimum Gasteiger partial charge on any atom is -0.352 e. The molecule has 5 rings (SSSR count). The van der Waals surface area contributed by atoms with Gasteiger partial charge in [0.15, 0.2) is 0 Å². The summed E-state index contributed by atoms with van der Waals surface area (Å²) in [5, 5.41) is 7.10. The van der Waals surface area contributed by atoms with E-state index in [1.807, 2.05) is 55.5 Å². The Morgan fingerprint density at radius 1 is 0.947 bits per heavy atom. The number of pyridine rings is 1. The molecular weight excluding hydrogens is 492 g/mol. The van der Waals surface area contributed by atoms with E-state index in [1.165, 1.54) is 11.1 Å². The van der Waals surface area contributed by atoms with Gasteiger partial charge >= 0.3 is 0 Å². The van der Waals surface area contributed by atoms with Gasteiger partial charge in [0.2, 0.25) is 0 Å². The first-order valence-corrected chi connectivity index (χ1v) is 13.1. The Morgan fingerprint density at radius 2 is 1.66 bits per heavy atom. The standard InChI is InChI=1S/C32H29ClN4O/c1-22-29(30(25-14-8-16-27(33)20-25)37-31(36-22)26-15-9-18-34-21-26)32(38)35-19-17-28(23-10-4-2-5-11-23)24-12-6-3-7-13-24/h2-16,18,20-21,28,30H,17,19H2,1H3,(H,35,38)(H,36,37). The Hall–Kier alpha value is -4.22. The van der Waals surface area contributed by atoms with E-state index in [9.17, 15) is 4.79 Å². The Kier molecular flexibility index (Phi) is 7.95. The molecule has 2 heterocycles. The molecule has 0 saturated carbocycles. The van der Waals surface area contributed by atoms with E-state index >= 15 is 0 Å². The van der Waals surface area contributed by atoms with E-state index in [0.717, 1.165) is 23.2 Å². The predicted octanol–water partition coefficient (Wildman–Crippen LogP) is 6.44. The lowest BCUT2D eigenvalue weighted by atomic mass is 9.88. The van der Waals surface area contributed by atoms with Crippen LogP contribution in [0, 0.1) is 0 Å². The van der Waals surface area contributed by atoms with Crippen molar-refractivity contribution in [1.29, 1.82) is 0 Å². The molecule has 1 atom stereocenters. The van der Waals surface area contributed by atoms with E-state index in [0.29, 0.717) is 23.0 Å². The third-order valence-electron chi connectivity index (χ3n) is 6.71. The van der Waals surface area contributed by atoms with Crippen LogP contribution in [0.1, 0.15) is 47.6 Å². The average molecular weight is 521 g/mol. The van der Waals surface area contributed by atoms with Crippen LogP contribution >= 0.6 is 11.6 Å². The minimum atomic E-state index is -0.496. The highest BCUT2D eigenvalue weighted by atomic mass is 35.5. The number of amides is 1. The lowest BCUT2D eigenvalue weighted by Crippen LogP contribution is -2.37. The molecule has 1 aliphatic rings. The molecule has 1 aromatic heterocycles. The number of nitrogens with zero attached hydrogens (tertiary/aromatic N) is 2. The fourth-order valence-corrected chi connectivity index (χ4v) is 5.06. The summed E-state index contributed by atoms with van der Waals surface area (Å²) in [7, 11) is 0. The van der Waals surface area contributed by atoms with E-state index in [-0.39, 0.29) is 11.8 Å². The van der Waals surface area contributed by atoms with Crippen LogP contribution in [0.15, 0.2) is 126 Å². The van der Waals surface area contributed by atoms with Gasteiger partial charge in [-0.2, -0.15) is 0 Å². The number of amidine groups is 1. The van der Waals surface area contributed by atoms with Gasteiger partial charge < -0.3 is 10.6 Å². The van der Waals surface area contributed by atoms with Crippen molar-refractivity contribution in [2.24, 2.45) is 4.99 Å². The molecule has 2 N–H and O–H groups in total. The Balaban J connectivity index is 1.38. The molecule has 4 aromatic rings. The normalized spacial score (nSPS) is 15.1. The van der Waals surface area contributed by atoms with Crippen molar-refractivity contribution in [3.63, 3.8) is 0 Å². The summed E-state index contributed by atoms with van der Waals surface area (Å²) in [6.07, 6.45) is 4.25. The Morgan fingerprint density at radius 3 is 2.29 bits per heavy atom. The zero-order valence-corrected chi connectivity index (χ0v) is 21.9. The number of halogens is 1. The fraction of sp³-hybridized carbons (Fsp3) is 0.156. The van der Waals surface area contributed by atoms with Gasteiger partial charge in [0.1, 0.15) is 11.9 Å². The molecule has 0 radical (unpaired) electrons. The first-order chi connectivity index (χ1) is 18.6. The topological polar surface area (TPSA) is 66.4 Å². The van der Waals surface area contributed by atoms with Gasteiger partial charge in [-0.1, -0.05) is 84.4 Å². The summed E-state index contributed by atoms with van der Waals surface area (Å²) in [5.41, 5.74) is 5.50. The van der Waals surface area contributed by atoms with Crippen molar-refractivity contribution < 1.29 is 4.79 Å². The number of hydrogen-bond donors (Lipinski definition) is 2. The van der Waals surface area contributed by atoms with Crippen LogP contribution in [0.4, 0.5) is 0 Å². The molecule has 1 amide bonds. The minimum absolute atomic E-state index is 0.145. The molecule has 190 valence electrons. The second-order valence-electron chi connectivity index (χ2n) is 9.26. The van der Waals surface area contributed by atoms with Crippen molar-refractivity contribution in [3.05, 3.63) is 148 Å². The van der Waals surface area contributed by atoms with Crippen LogP contribution in [0.25, 0.3) is 0 Å². The molecule has 0 fully saturated rings. The molecule has 0 aliphatic carbocycles. The highest BCUT2D eigenvalue weighted by Crippen LogP contribution is 2.33. The summed E-state index contributed by atoms with van der Waals surface area (Å²) in [4.78, 5) is 22.8. The number of nitrogens with one attached hydrogen (secondary N) is 2. The molecule has 1 aliphatic heterocycles. The average Bonchev–Trinajstić information content (AvgIpc) is 2.96. The molecule has 6 heteroatoms. The van der Waals surface area contributed by atoms with Gasteiger partial charge in [-0.3, -0.25) is 14.8 Å². The van der Waals surface area contributed by atoms with Crippen molar-refractivity contribution in [3.8, 4) is 0 Å². The highest BCUT2D eigenvalue weighted by Gasteiger charge is 2.30. The second-order valence-corrected chi connectivity index (χ2v) is 9.70. The molecule has 0 bridgehead atoms. The fourth-order valence-electron chi connectivity index (χ4n) is 4.86. The zero-order valence-electron chi connectivity index (χ0n) is 21.1. The maximum absolute atomic E-state index is 13.7. The van der Waals surface area contributed by atoms with E-state index in [4.69, 9.17) is 16.6 Å². The first-order valence-electron chi connectivity index (χ1n) is 12.7. The number of aromatic nitrogens is 1. The second kappa shape index (κ2) is 11.9. The van der Waals surface area contributed by atoms with Gasteiger partial charge in [0, 0.05) is 41.1 Å². The molecule has 0 spiro atoms. The SMILES string of the molecule is CC1=C(C(=O)NCCC(c2ccccc2)c2ccccc2)C(c2cccc(Cl)c2)N=C(c2cccnc2)N1. The number of rotatable bonds is 8. The molecule has 1 unspecified atom stereocenters. The number of carbonyl (C=O) groups excluding carboxylic acids is 1. The van der Waals surface area contributed by atoms with Gasteiger partial charge in [-0.15, -0.1) is 0 Å². The Bertz CT molecular complexity index is 1410. The lowest BCUT2D eigenvalue weighted by Gasteiger charge is -2.27. The van der Waals surface area contributed by atoms with Crippen molar-refractivity contribution in [1.82, 2.24) is 15.6 Å². The number of allylic oxidation sites excluding steroid dienone is 1. The van der Waals surface area contributed by atoms with Crippen molar-refractivity contribution in [2.45, 2.75) is 25.3 Å². The largest absolute Gasteiger partial charge is 0.352 e. The summed E-state index contributed by atoms with van der Waals surface area (Å²) >= 11 is 6.33. The summed E-state index contributed by atoms with van der Waals surface area (Å²) in [6.45, 7) is 2.43. The van der Waals surface area contributed by atoms with Crippen LogP contribution in [0.2, 0.25) is 5.02 Å². The molecular formula is C32H29ClN4O. The number of carbonyl (C=O) groups is 1. The maximum Gasteiger partial charge on any atom is 0.251 e. The van der Waals surface area contributed by atoms with E-state index in [1.54, 1.807) is 12.4 Å². The number of aliphatic imine (C=N–C) groups is 1. The summed E-state index contributed by atoms with van der Waals surface area (Å²) in [6, 6.07) is 31.7.